The minimum Gasteiger partial charge on any atom is -0.373 e. The molecule has 1 aliphatic heterocycles. The van der Waals surface area contributed by atoms with E-state index in [1.54, 1.807) is 24.5 Å². The molecular weight excluding hydrogens is 536 g/mol. The highest BCUT2D eigenvalue weighted by molar-refractivity contribution is 7.90. The Kier molecular flexibility index (Phi) is 7.91. The fourth-order valence-corrected chi connectivity index (χ4v) is 8.38. The van der Waals surface area contributed by atoms with Gasteiger partial charge in [0.2, 0.25) is 10.0 Å². The van der Waals surface area contributed by atoms with Crippen LogP contribution in [0.4, 0.5) is 0 Å². The van der Waals surface area contributed by atoms with E-state index in [1.807, 2.05) is 0 Å². The van der Waals surface area contributed by atoms with E-state index in [1.165, 1.54) is 42.3 Å². The van der Waals surface area contributed by atoms with Gasteiger partial charge in [0, 0.05) is 51.7 Å². The molecule has 1 aromatic carbocycles. The summed E-state index contributed by atoms with van der Waals surface area (Å²) < 4.78 is 60.6. The molecule has 2 aromatic heterocycles. The fourth-order valence-electron chi connectivity index (χ4n) is 6.11. The predicted octanol–water partition coefficient (Wildman–Crippen LogP) is 3.91. The molecular formula is C28H38N4O5S2. The van der Waals surface area contributed by atoms with Crippen molar-refractivity contribution in [3.63, 3.8) is 0 Å². The summed E-state index contributed by atoms with van der Waals surface area (Å²) in [5.41, 5.74) is 2.22. The van der Waals surface area contributed by atoms with Gasteiger partial charge in [-0.1, -0.05) is 0 Å². The molecule has 0 spiro atoms. The molecule has 1 aliphatic carbocycles. The highest BCUT2D eigenvalue weighted by atomic mass is 32.2. The maximum absolute atomic E-state index is 13.7. The molecule has 39 heavy (non-hydrogen) atoms. The van der Waals surface area contributed by atoms with Crippen molar-refractivity contribution < 1.29 is 21.6 Å². The first kappa shape index (κ1) is 28.2. The molecule has 3 aromatic rings. The molecule has 5 rings (SSSR count). The number of hydrogen-bond donors (Lipinski definition) is 0. The average Bonchev–Trinajstić information content (AvgIpc) is 3.29. The van der Waals surface area contributed by atoms with Gasteiger partial charge in [0.1, 0.15) is 0 Å². The van der Waals surface area contributed by atoms with Crippen LogP contribution in [0.2, 0.25) is 0 Å². The molecule has 0 amide bonds. The summed E-state index contributed by atoms with van der Waals surface area (Å²) in [7, 11) is -4.73. The molecule has 3 heterocycles. The molecule has 0 N–H and O–H groups in total. The molecule has 212 valence electrons. The minimum atomic E-state index is -3.96. The normalized spacial score (nSPS) is 25.4. The lowest BCUT2D eigenvalue weighted by Crippen LogP contribution is -2.47. The quantitative estimate of drug-likeness (QED) is 0.422. The molecule has 1 saturated heterocycles. The largest absolute Gasteiger partial charge is 0.373 e. The van der Waals surface area contributed by atoms with Crippen LogP contribution >= 0.6 is 0 Å². The summed E-state index contributed by atoms with van der Waals surface area (Å²) >= 11 is 0. The zero-order chi connectivity index (χ0) is 27.9. The molecule has 9 nitrogen and oxygen atoms in total. The Bertz CT molecular complexity index is 1520. The Hall–Kier alpha value is -2.31. The van der Waals surface area contributed by atoms with Crippen LogP contribution in [0.15, 0.2) is 58.6 Å². The number of morpholine rings is 1. The molecule has 0 unspecified atom stereocenters. The van der Waals surface area contributed by atoms with Crippen LogP contribution in [-0.4, -0.2) is 80.9 Å². The number of ether oxygens (including phenoxy) is 1. The maximum atomic E-state index is 13.7. The molecule has 11 heteroatoms. The van der Waals surface area contributed by atoms with Crippen LogP contribution < -0.4 is 0 Å². The Morgan fingerprint density at radius 2 is 1.54 bits per heavy atom. The average molecular weight is 575 g/mol. The summed E-state index contributed by atoms with van der Waals surface area (Å²) in [5.74, 6) is 0.867. The third-order valence-electron chi connectivity index (χ3n) is 8.01. The molecule has 2 aliphatic rings. The third kappa shape index (κ3) is 5.65. The van der Waals surface area contributed by atoms with E-state index in [2.05, 4.69) is 23.7 Å². The first-order chi connectivity index (χ1) is 18.5. The first-order valence-corrected chi connectivity index (χ1v) is 16.5. The van der Waals surface area contributed by atoms with Gasteiger partial charge in [-0.25, -0.2) is 25.1 Å². The number of aromatic nitrogens is 2. The van der Waals surface area contributed by atoms with Gasteiger partial charge in [-0.3, -0.25) is 9.88 Å². The topological polar surface area (TPSA) is 102 Å². The van der Waals surface area contributed by atoms with Crippen molar-refractivity contribution in [3.05, 3.63) is 54.4 Å². The van der Waals surface area contributed by atoms with Gasteiger partial charge in [-0.05, 0) is 87.8 Å². The van der Waals surface area contributed by atoms with Crippen molar-refractivity contribution in [1.29, 1.82) is 0 Å². The molecule has 0 radical (unpaired) electrons. The van der Waals surface area contributed by atoms with Crippen molar-refractivity contribution >= 4 is 31.1 Å². The van der Waals surface area contributed by atoms with Gasteiger partial charge < -0.3 is 4.74 Å². The monoisotopic (exact) mass is 574 g/mol. The zero-order valence-electron chi connectivity index (χ0n) is 23.0. The number of rotatable bonds is 7. The highest BCUT2D eigenvalue weighted by Crippen LogP contribution is 2.40. The summed E-state index contributed by atoms with van der Waals surface area (Å²) in [6.45, 7) is 7.30. The lowest BCUT2D eigenvalue weighted by atomic mass is 9.79. The van der Waals surface area contributed by atoms with Crippen LogP contribution in [0.25, 0.3) is 11.0 Å². The predicted molar refractivity (Wildman–Crippen MR) is 151 cm³/mol. The number of pyridine rings is 1. The van der Waals surface area contributed by atoms with Crippen molar-refractivity contribution in [1.82, 2.24) is 18.2 Å². The Morgan fingerprint density at radius 1 is 0.923 bits per heavy atom. The first-order valence-electron chi connectivity index (χ1n) is 13.6. The Balaban J connectivity index is 1.37. The van der Waals surface area contributed by atoms with E-state index in [4.69, 9.17) is 4.74 Å². The highest BCUT2D eigenvalue weighted by Gasteiger charge is 2.31. The van der Waals surface area contributed by atoms with Gasteiger partial charge in [0.15, 0.2) is 0 Å². The summed E-state index contributed by atoms with van der Waals surface area (Å²) in [4.78, 5) is 7.19. The second kappa shape index (κ2) is 10.9. The standard InChI is InChI=1S/C28H38N4O5S2/c1-20-16-31(17-21(2)37-20)18-22-7-9-23(10-8-22)26-19-32(27-6-5-15-29-28(26)27)39(35,36)25-13-11-24(12-14-25)38(33,34)30(3)4/h5-6,11-15,19-23H,7-10,16-18H2,1-4H3/t20-,21+,22?,23?. The minimum absolute atomic E-state index is 0.0326. The van der Waals surface area contributed by atoms with Crippen LogP contribution in [-0.2, 0) is 24.8 Å². The zero-order valence-corrected chi connectivity index (χ0v) is 24.7. The van der Waals surface area contributed by atoms with E-state index in [9.17, 15) is 16.8 Å². The van der Waals surface area contributed by atoms with Crippen LogP contribution in [0.5, 0.6) is 0 Å². The van der Waals surface area contributed by atoms with E-state index in [0.29, 0.717) is 17.0 Å². The number of sulfonamides is 1. The molecule has 1 saturated carbocycles. The number of fused-ring (bicyclic) bond motifs is 1. The van der Waals surface area contributed by atoms with Crippen molar-refractivity contribution in [2.45, 2.75) is 67.4 Å². The lowest BCUT2D eigenvalue weighted by molar-refractivity contribution is -0.0725. The second-order valence-corrected chi connectivity index (χ2v) is 15.2. The van der Waals surface area contributed by atoms with Gasteiger partial charge in [-0.2, -0.15) is 0 Å². The maximum Gasteiger partial charge on any atom is 0.268 e. The molecule has 0 bridgehead atoms. The number of nitrogens with zero attached hydrogens (tertiary/aromatic N) is 4. The van der Waals surface area contributed by atoms with Crippen LogP contribution in [0, 0.1) is 5.92 Å². The van der Waals surface area contributed by atoms with Crippen LogP contribution in [0.1, 0.15) is 51.0 Å². The van der Waals surface area contributed by atoms with Crippen molar-refractivity contribution in [2.75, 3.05) is 33.7 Å². The van der Waals surface area contributed by atoms with E-state index in [-0.39, 0.29) is 27.9 Å². The molecule has 2 atom stereocenters. The second-order valence-electron chi connectivity index (χ2n) is 11.2. The van der Waals surface area contributed by atoms with E-state index in [0.717, 1.165) is 55.2 Å². The smallest absolute Gasteiger partial charge is 0.268 e. The van der Waals surface area contributed by atoms with Gasteiger partial charge in [-0.15, -0.1) is 0 Å². The SMILES string of the molecule is C[C@@H]1CN(CC2CCC(c3cn(S(=O)(=O)c4ccc(S(=O)(=O)N(C)C)cc4)c4cccnc34)CC2)C[C@H](C)O1. The summed E-state index contributed by atoms with van der Waals surface area (Å²) in [6, 6.07) is 8.90. The van der Waals surface area contributed by atoms with E-state index >= 15 is 0 Å². The van der Waals surface area contributed by atoms with Gasteiger partial charge >= 0.3 is 0 Å². The van der Waals surface area contributed by atoms with Gasteiger partial charge in [0.05, 0.1) is 33.0 Å². The Labute approximate surface area is 231 Å². The number of benzene rings is 1. The van der Waals surface area contributed by atoms with Gasteiger partial charge in [0.25, 0.3) is 10.0 Å². The van der Waals surface area contributed by atoms with Crippen molar-refractivity contribution in [3.8, 4) is 0 Å². The summed E-state index contributed by atoms with van der Waals surface area (Å²) in [6.07, 6.45) is 8.14. The number of hydrogen-bond acceptors (Lipinski definition) is 7. The van der Waals surface area contributed by atoms with E-state index < -0.39 is 20.0 Å². The van der Waals surface area contributed by atoms with Crippen LogP contribution in [0.3, 0.4) is 0 Å². The summed E-state index contributed by atoms with van der Waals surface area (Å²) in [5, 5.41) is 0. The Morgan fingerprint density at radius 3 is 2.15 bits per heavy atom. The lowest BCUT2D eigenvalue weighted by Gasteiger charge is -2.38. The van der Waals surface area contributed by atoms with Crippen molar-refractivity contribution in [2.24, 2.45) is 5.92 Å². The molecule has 2 fully saturated rings. The third-order valence-corrected chi connectivity index (χ3v) is 11.5. The fraction of sp³-hybridized carbons (Fsp3) is 0.536.